The molecule has 1 atom stereocenters. The molecule has 1 unspecified atom stereocenters. The summed E-state index contributed by atoms with van der Waals surface area (Å²) in [6, 6.07) is 26.1. The maximum absolute atomic E-state index is 14.4. The van der Waals surface area contributed by atoms with Gasteiger partial charge in [-0.1, -0.05) is 70.4 Å². The van der Waals surface area contributed by atoms with Crippen LogP contribution < -0.4 is 5.30 Å². The summed E-state index contributed by atoms with van der Waals surface area (Å²) in [6.07, 6.45) is 0. The summed E-state index contributed by atoms with van der Waals surface area (Å²) in [6.45, 7) is 6.17. The van der Waals surface area contributed by atoms with Crippen LogP contribution in [0.15, 0.2) is 94.3 Å². The van der Waals surface area contributed by atoms with Crippen molar-refractivity contribution in [1.82, 2.24) is 4.31 Å². The Morgan fingerprint density at radius 1 is 0.816 bits per heavy atom. The molecule has 0 N–H and O–H groups in total. The van der Waals surface area contributed by atoms with Crippen molar-refractivity contribution in [2.45, 2.75) is 31.8 Å². The highest BCUT2D eigenvalue weighted by Gasteiger charge is 2.37. The quantitative estimate of drug-likeness (QED) is 0.185. The van der Waals surface area contributed by atoms with Crippen molar-refractivity contribution in [3.63, 3.8) is 0 Å². The van der Waals surface area contributed by atoms with E-state index < -0.39 is 17.2 Å². The van der Waals surface area contributed by atoms with Crippen molar-refractivity contribution in [3.05, 3.63) is 117 Å². The van der Waals surface area contributed by atoms with Crippen molar-refractivity contribution in [2.75, 3.05) is 6.66 Å². The van der Waals surface area contributed by atoms with Crippen LogP contribution in [-0.4, -0.2) is 19.4 Å². The zero-order chi connectivity index (χ0) is 27.1. The van der Waals surface area contributed by atoms with Gasteiger partial charge in [-0.3, -0.25) is 0 Å². The first-order valence-electron chi connectivity index (χ1n) is 12.2. The van der Waals surface area contributed by atoms with Gasteiger partial charge in [0.25, 0.3) is 0 Å². The Morgan fingerprint density at radius 2 is 1.37 bits per heavy atom. The van der Waals surface area contributed by atoms with Gasteiger partial charge in [0, 0.05) is 35.1 Å². The van der Waals surface area contributed by atoms with E-state index in [0.717, 1.165) is 43.4 Å². The lowest BCUT2D eigenvalue weighted by atomic mass is 9.91. The Morgan fingerprint density at radius 3 is 1.97 bits per heavy atom. The SMILES string of the molecule is Cc1c2c(c(C)c(P(C)(=O)C#Cc3ccccc3)c1-c1ccccc1)CN(S(=O)(=O)c1ccc(Br)cc1)C2. The lowest BCUT2D eigenvalue weighted by Gasteiger charge is -2.22. The Labute approximate surface area is 233 Å². The van der Waals surface area contributed by atoms with Gasteiger partial charge < -0.3 is 4.57 Å². The highest BCUT2D eigenvalue weighted by molar-refractivity contribution is 9.10. The molecule has 1 heterocycles. The van der Waals surface area contributed by atoms with Gasteiger partial charge in [0.1, 0.15) is 0 Å². The van der Waals surface area contributed by atoms with E-state index in [1.807, 2.05) is 74.5 Å². The number of fused-ring (bicyclic) bond motifs is 1. The van der Waals surface area contributed by atoms with Gasteiger partial charge in [-0.15, -0.1) is 0 Å². The van der Waals surface area contributed by atoms with Crippen molar-refractivity contribution >= 4 is 38.4 Å². The van der Waals surface area contributed by atoms with Crippen LogP contribution in [0.3, 0.4) is 0 Å². The number of halogens is 1. The summed E-state index contributed by atoms with van der Waals surface area (Å²) in [5, 5.41) is 0.714. The lowest BCUT2D eigenvalue weighted by Crippen LogP contribution is -2.25. The lowest BCUT2D eigenvalue weighted by molar-refractivity contribution is 0.431. The molecule has 1 aliphatic rings. The molecule has 38 heavy (non-hydrogen) atoms. The summed E-state index contributed by atoms with van der Waals surface area (Å²) in [7, 11) is -6.88. The number of hydrogen-bond acceptors (Lipinski definition) is 3. The van der Waals surface area contributed by atoms with Gasteiger partial charge in [-0.2, -0.15) is 4.31 Å². The largest absolute Gasteiger partial charge is 0.305 e. The minimum atomic E-state index is -3.71. The molecular weight excluding hydrogens is 577 g/mol. The Balaban J connectivity index is 1.68. The van der Waals surface area contributed by atoms with Gasteiger partial charge in [-0.25, -0.2) is 8.42 Å². The smallest absolute Gasteiger partial charge is 0.243 e. The van der Waals surface area contributed by atoms with Crippen LogP contribution in [0, 0.1) is 25.4 Å². The Bertz CT molecular complexity index is 1740. The number of nitrogens with zero attached hydrogens (tertiary/aromatic N) is 1. The third kappa shape index (κ3) is 4.93. The van der Waals surface area contributed by atoms with Crippen LogP contribution in [0.4, 0.5) is 0 Å². The molecule has 0 aliphatic carbocycles. The molecule has 192 valence electrons. The van der Waals surface area contributed by atoms with E-state index in [9.17, 15) is 13.0 Å². The standard InChI is InChI=1S/C31H27BrNO3PS/c1-22-28-20-33(38(35,36)27-16-14-26(32)15-17-27)21-29(28)23(2)31(30(22)25-12-8-5-9-13-25)37(3,34)19-18-24-10-6-4-7-11-24/h4-17H,20-21H2,1-3H3. The van der Waals surface area contributed by atoms with E-state index in [2.05, 4.69) is 27.5 Å². The highest BCUT2D eigenvalue weighted by Crippen LogP contribution is 2.47. The molecule has 4 aromatic carbocycles. The molecule has 0 fully saturated rings. The Kier molecular flexibility index (Phi) is 7.24. The molecule has 0 aromatic heterocycles. The van der Waals surface area contributed by atoms with Crippen molar-refractivity contribution in [3.8, 4) is 22.7 Å². The van der Waals surface area contributed by atoms with E-state index in [1.165, 1.54) is 4.31 Å². The summed E-state index contributed by atoms with van der Waals surface area (Å²) in [5.41, 5.74) is 9.43. The van der Waals surface area contributed by atoms with Gasteiger partial charge in [0.15, 0.2) is 7.14 Å². The van der Waals surface area contributed by atoms with Crippen LogP contribution in [0.2, 0.25) is 0 Å². The summed E-state index contributed by atoms with van der Waals surface area (Å²) in [5.74, 6) is 3.11. The van der Waals surface area contributed by atoms with Crippen LogP contribution in [0.1, 0.15) is 27.8 Å². The predicted molar refractivity (Wildman–Crippen MR) is 158 cm³/mol. The fraction of sp³-hybridized carbons (Fsp3) is 0.161. The first-order chi connectivity index (χ1) is 18.1. The second-order valence-corrected chi connectivity index (χ2v) is 14.9. The van der Waals surface area contributed by atoms with Gasteiger partial charge in [-0.05, 0) is 89.3 Å². The molecule has 0 bridgehead atoms. The topological polar surface area (TPSA) is 54.5 Å². The van der Waals surface area contributed by atoms with Crippen molar-refractivity contribution in [2.24, 2.45) is 0 Å². The normalized spacial score (nSPS) is 14.8. The second kappa shape index (κ2) is 10.3. The van der Waals surface area contributed by atoms with Crippen LogP contribution in [-0.2, 0) is 27.7 Å². The molecule has 0 spiro atoms. The van der Waals surface area contributed by atoms with Crippen molar-refractivity contribution in [1.29, 1.82) is 0 Å². The summed E-state index contributed by atoms with van der Waals surface area (Å²) < 4.78 is 43.8. The average molecular weight is 605 g/mol. The molecule has 0 amide bonds. The van der Waals surface area contributed by atoms with E-state index in [4.69, 9.17) is 0 Å². The van der Waals surface area contributed by atoms with Crippen molar-refractivity contribution < 1.29 is 13.0 Å². The third-order valence-corrected chi connectivity index (χ3v) is 11.3. The van der Waals surface area contributed by atoms with Gasteiger partial charge in [0.05, 0.1) is 4.90 Å². The molecule has 5 rings (SSSR count). The summed E-state index contributed by atoms with van der Waals surface area (Å²) in [4.78, 5) is 0.252. The molecule has 0 saturated heterocycles. The summed E-state index contributed by atoms with van der Waals surface area (Å²) >= 11 is 3.38. The molecular formula is C31H27BrNO3PS. The molecule has 0 radical (unpaired) electrons. The number of hydrogen-bond donors (Lipinski definition) is 0. The average Bonchev–Trinajstić information content (AvgIpc) is 3.38. The predicted octanol–water partition coefficient (Wildman–Crippen LogP) is 7.06. The monoisotopic (exact) mass is 603 g/mol. The maximum Gasteiger partial charge on any atom is 0.243 e. The highest BCUT2D eigenvalue weighted by atomic mass is 79.9. The van der Waals surface area contributed by atoms with Gasteiger partial charge >= 0.3 is 0 Å². The number of sulfonamides is 1. The van der Waals surface area contributed by atoms with Gasteiger partial charge in [0.2, 0.25) is 10.0 Å². The third-order valence-electron chi connectivity index (χ3n) is 7.03. The molecule has 7 heteroatoms. The van der Waals surface area contributed by atoms with E-state index in [-0.39, 0.29) is 18.0 Å². The first-order valence-corrected chi connectivity index (χ1v) is 16.6. The number of rotatable bonds is 4. The van der Waals surface area contributed by atoms with Crippen LogP contribution in [0.5, 0.6) is 0 Å². The van der Waals surface area contributed by atoms with Crippen LogP contribution >= 0.6 is 23.1 Å². The van der Waals surface area contributed by atoms with E-state index in [1.54, 1.807) is 30.9 Å². The van der Waals surface area contributed by atoms with E-state index >= 15 is 0 Å². The van der Waals surface area contributed by atoms with Crippen LogP contribution in [0.25, 0.3) is 11.1 Å². The molecule has 4 aromatic rings. The minimum absolute atomic E-state index is 0.231. The molecule has 1 aliphatic heterocycles. The molecule has 0 saturated carbocycles. The zero-order valence-corrected chi connectivity index (χ0v) is 24.7. The second-order valence-electron chi connectivity index (χ2n) is 9.55. The zero-order valence-electron chi connectivity index (χ0n) is 21.4. The minimum Gasteiger partial charge on any atom is -0.305 e. The molecule has 4 nitrogen and oxygen atoms in total. The fourth-order valence-electron chi connectivity index (χ4n) is 5.11. The fourth-order valence-corrected chi connectivity index (χ4v) is 8.71. The van der Waals surface area contributed by atoms with E-state index in [0.29, 0.717) is 5.30 Å². The number of benzene rings is 4. The Hall–Kier alpha value is -2.94. The first kappa shape index (κ1) is 26.7. The maximum atomic E-state index is 14.4.